The Labute approximate surface area is 136 Å². The second-order valence-electron chi connectivity index (χ2n) is 5.17. The first kappa shape index (κ1) is 15.2. The number of amides is 1. The van der Waals surface area contributed by atoms with E-state index in [-0.39, 0.29) is 22.9 Å². The number of hydrogen-bond acceptors (Lipinski definition) is 6. The van der Waals surface area contributed by atoms with Crippen molar-refractivity contribution in [2.45, 2.75) is 19.1 Å². The van der Waals surface area contributed by atoms with Crippen LogP contribution in [0.15, 0.2) is 22.9 Å². The van der Waals surface area contributed by atoms with Gasteiger partial charge in [-0.15, -0.1) is 10.2 Å². The van der Waals surface area contributed by atoms with Crippen LogP contribution in [0.2, 0.25) is 5.15 Å². The quantitative estimate of drug-likeness (QED) is 0.928. The van der Waals surface area contributed by atoms with Crippen LogP contribution < -0.4 is 10.6 Å². The molecule has 6 nitrogen and oxygen atoms in total. The molecule has 116 valence electrons. The first-order valence-electron chi connectivity index (χ1n) is 6.80. The third kappa shape index (κ3) is 3.06. The summed E-state index contributed by atoms with van der Waals surface area (Å²) >= 11 is 7.44. The average Bonchev–Trinajstić information content (AvgIpc) is 3.00. The number of nitrogens with zero attached hydrogens (tertiary/aromatic N) is 3. The molecule has 0 aliphatic carbocycles. The maximum atomic E-state index is 11.6. The fraction of sp³-hybridized carbons (Fsp3) is 0.357. The van der Waals surface area contributed by atoms with Gasteiger partial charge in [-0.05, 0) is 35.4 Å². The number of hydrogen-bond donors (Lipinski definition) is 1. The Morgan fingerprint density at radius 2 is 2.32 bits per heavy atom. The molecule has 1 saturated heterocycles. The number of carbonyl (C=O) groups excluding carboxylic acids is 1. The molecule has 2 N–H and O–H groups in total. The standard InChI is InChI=1S/C14H15ClN4O2S/c1-8-5-19(6-11(21-8)9-2-3-22-7-9)14-10(13(16)20)4-12(15)17-18-14/h2-4,7-8,11H,5-6H2,1H3,(H2,16,20). The van der Waals surface area contributed by atoms with Gasteiger partial charge in [-0.1, -0.05) is 11.6 Å². The summed E-state index contributed by atoms with van der Waals surface area (Å²) in [6, 6.07) is 3.49. The molecule has 3 rings (SSSR count). The average molecular weight is 339 g/mol. The minimum absolute atomic E-state index is 0.00291. The molecule has 3 heterocycles. The Morgan fingerprint density at radius 1 is 1.50 bits per heavy atom. The van der Waals surface area contributed by atoms with Crippen molar-refractivity contribution < 1.29 is 9.53 Å². The van der Waals surface area contributed by atoms with Crippen molar-refractivity contribution in [3.05, 3.63) is 39.2 Å². The van der Waals surface area contributed by atoms with Crippen molar-refractivity contribution in [3.8, 4) is 0 Å². The van der Waals surface area contributed by atoms with Crippen molar-refractivity contribution in [2.24, 2.45) is 5.73 Å². The summed E-state index contributed by atoms with van der Waals surface area (Å²) < 4.78 is 5.98. The Kier molecular flexibility index (Phi) is 4.28. The van der Waals surface area contributed by atoms with Crippen molar-refractivity contribution in [3.63, 3.8) is 0 Å². The van der Waals surface area contributed by atoms with Gasteiger partial charge in [0.2, 0.25) is 0 Å². The van der Waals surface area contributed by atoms with Crippen LogP contribution in [0.3, 0.4) is 0 Å². The van der Waals surface area contributed by atoms with Gasteiger partial charge in [0.15, 0.2) is 11.0 Å². The Balaban J connectivity index is 1.92. The van der Waals surface area contributed by atoms with Crippen molar-refractivity contribution >= 4 is 34.7 Å². The Morgan fingerprint density at radius 3 is 3.00 bits per heavy atom. The van der Waals surface area contributed by atoms with Crippen LogP contribution >= 0.6 is 22.9 Å². The minimum Gasteiger partial charge on any atom is -0.367 e. The smallest absolute Gasteiger partial charge is 0.252 e. The van der Waals surface area contributed by atoms with Crippen molar-refractivity contribution in [2.75, 3.05) is 18.0 Å². The van der Waals surface area contributed by atoms with Crippen LogP contribution in [0.5, 0.6) is 0 Å². The van der Waals surface area contributed by atoms with E-state index in [1.54, 1.807) is 11.3 Å². The summed E-state index contributed by atoms with van der Waals surface area (Å²) in [6.07, 6.45) is -0.0786. The van der Waals surface area contributed by atoms with E-state index in [1.807, 2.05) is 23.3 Å². The summed E-state index contributed by atoms with van der Waals surface area (Å²) in [4.78, 5) is 13.6. The molecule has 1 aliphatic heterocycles. The number of carbonyl (C=O) groups is 1. The van der Waals surface area contributed by atoms with Crippen molar-refractivity contribution in [1.29, 1.82) is 0 Å². The number of primary amides is 1. The topological polar surface area (TPSA) is 81.3 Å². The summed E-state index contributed by atoms with van der Waals surface area (Å²) in [6.45, 7) is 3.17. The highest BCUT2D eigenvalue weighted by atomic mass is 35.5. The van der Waals surface area contributed by atoms with Crippen LogP contribution in [0.1, 0.15) is 28.9 Å². The van der Waals surface area contributed by atoms with E-state index in [1.165, 1.54) is 6.07 Å². The van der Waals surface area contributed by atoms with E-state index in [0.29, 0.717) is 18.9 Å². The van der Waals surface area contributed by atoms with Crippen LogP contribution in [0.4, 0.5) is 5.82 Å². The zero-order valence-electron chi connectivity index (χ0n) is 11.9. The lowest BCUT2D eigenvalue weighted by atomic mass is 10.1. The maximum absolute atomic E-state index is 11.6. The van der Waals surface area contributed by atoms with Gasteiger partial charge in [0.1, 0.15) is 6.10 Å². The second kappa shape index (κ2) is 6.20. The van der Waals surface area contributed by atoms with Crippen LogP contribution in [0.25, 0.3) is 0 Å². The third-order valence-electron chi connectivity index (χ3n) is 3.48. The lowest BCUT2D eigenvalue weighted by Gasteiger charge is -2.37. The fourth-order valence-electron chi connectivity index (χ4n) is 2.54. The molecular formula is C14H15ClN4O2S. The van der Waals surface area contributed by atoms with E-state index in [9.17, 15) is 4.79 Å². The van der Waals surface area contributed by atoms with E-state index in [0.717, 1.165) is 5.56 Å². The molecular weight excluding hydrogens is 324 g/mol. The second-order valence-corrected chi connectivity index (χ2v) is 6.33. The monoisotopic (exact) mass is 338 g/mol. The van der Waals surface area contributed by atoms with Crippen molar-refractivity contribution in [1.82, 2.24) is 10.2 Å². The number of halogens is 1. The molecule has 1 aliphatic rings. The fourth-order valence-corrected chi connectivity index (χ4v) is 3.39. The predicted octanol–water partition coefficient (Wildman–Crippen LogP) is 2.26. The number of ether oxygens (including phenoxy) is 1. The SMILES string of the molecule is CC1CN(c2nnc(Cl)cc2C(N)=O)CC(c2ccsc2)O1. The largest absolute Gasteiger partial charge is 0.367 e. The number of anilines is 1. The number of nitrogens with two attached hydrogens (primary N) is 1. The Hall–Kier alpha value is -1.70. The van der Waals surface area contributed by atoms with Gasteiger partial charge in [0.25, 0.3) is 5.91 Å². The minimum atomic E-state index is -0.571. The molecule has 0 bridgehead atoms. The van der Waals surface area contributed by atoms with Gasteiger partial charge < -0.3 is 15.4 Å². The van der Waals surface area contributed by atoms with Gasteiger partial charge in [0.05, 0.1) is 18.2 Å². The molecule has 2 aromatic heterocycles. The van der Waals surface area contributed by atoms with Gasteiger partial charge in [-0.25, -0.2) is 0 Å². The van der Waals surface area contributed by atoms with Gasteiger partial charge in [-0.3, -0.25) is 4.79 Å². The molecule has 0 radical (unpaired) electrons. The zero-order chi connectivity index (χ0) is 15.7. The summed E-state index contributed by atoms with van der Waals surface area (Å²) in [5.41, 5.74) is 6.82. The van der Waals surface area contributed by atoms with E-state index in [2.05, 4.69) is 15.6 Å². The molecule has 22 heavy (non-hydrogen) atoms. The first-order valence-corrected chi connectivity index (χ1v) is 8.12. The highest BCUT2D eigenvalue weighted by Crippen LogP contribution is 2.30. The summed E-state index contributed by atoms with van der Waals surface area (Å²) in [7, 11) is 0. The lowest BCUT2D eigenvalue weighted by Crippen LogP contribution is -2.44. The summed E-state index contributed by atoms with van der Waals surface area (Å²) in [5, 5.41) is 12.1. The predicted molar refractivity (Wildman–Crippen MR) is 85.4 cm³/mol. The number of morpholine rings is 1. The normalized spacial score (nSPS) is 21.8. The van der Waals surface area contributed by atoms with Gasteiger partial charge >= 0.3 is 0 Å². The molecule has 0 aromatic carbocycles. The molecule has 0 saturated carbocycles. The zero-order valence-corrected chi connectivity index (χ0v) is 13.5. The van der Waals surface area contributed by atoms with Gasteiger partial charge in [0, 0.05) is 6.54 Å². The number of aromatic nitrogens is 2. The highest BCUT2D eigenvalue weighted by Gasteiger charge is 2.30. The molecule has 0 spiro atoms. The van der Waals surface area contributed by atoms with Crippen LogP contribution in [-0.4, -0.2) is 35.3 Å². The molecule has 1 fully saturated rings. The first-order chi connectivity index (χ1) is 10.5. The lowest BCUT2D eigenvalue weighted by molar-refractivity contribution is -0.0174. The van der Waals surface area contributed by atoms with Crippen LogP contribution in [0, 0.1) is 0 Å². The summed E-state index contributed by atoms with van der Waals surface area (Å²) in [5.74, 6) is -0.120. The van der Waals surface area contributed by atoms with E-state index >= 15 is 0 Å². The molecule has 2 unspecified atom stereocenters. The van der Waals surface area contributed by atoms with Crippen LogP contribution in [-0.2, 0) is 4.74 Å². The maximum Gasteiger partial charge on any atom is 0.252 e. The van der Waals surface area contributed by atoms with Gasteiger partial charge in [-0.2, -0.15) is 11.3 Å². The van der Waals surface area contributed by atoms with E-state index < -0.39 is 5.91 Å². The number of thiophene rings is 1. The highest BCUT2D eigenvalue weighted by molar-refractivity contribution is 7.07. The number of rotatable bonds is 3. The Bertz CT molecular complexity index is 679. The molecule has 1 amide bonds. The molecule has 2 atom stereocenters. The van der Waals surface area contributed by atoms with E-state index in [4.69, 9.17) is 22.1 Å². The molecule has 8 heteroatoms. The third-order valence-corrected chi connectivity index (χ3v) is 4.37. The molecule has 2 aromatic rings.